The first-order chi connectivity index (χ1) is 13.5. The second kappa shape index (κ2) is 8.89. The maximum Gasteiger partial charge on any atom is 0.408 e. The standard InChI is InChI=1S/C22H25NO5/c1-16(2)22(19-15-26-19,20(24)27-13-17-9-5-3-6-10-17)23-21(25)28-14-18-11-7-4-8-12-18/h3-12,16,19H,13-15H2,1-2H3,(H,23,25)/t19-,22-/m0/s1. The summed E-state index contributed by atoms with van der Waals surface area (Å²) >= 11 is 0. The molecule has 148 valence electrons. The van der Waals surface area contributed by atoms with Gasteiger partial charge < -0.3 is 19.5 Å². The van der Waals surface area contributed by atoms with E-state index in [4.69, 9.17) is 14.2 Å². The van der Waals surface area contributed by atoms with E-state index in [1.54, 1.807) is 0 Å². The monoisotopic (exact) mass is 383 g/mol. The fraction of sp³-hybridized carbons (Fsp3) is 0.364. The second-order valence-corrected chi connectivity index (χ2v) is 7.09. The number of hydrogen-bond donors (Lipinski definition) is 1. The maximum absolute atomic E-state index is 13.0. The zero-order chi connectivity index (χ0) is 20.0. The summed E-state index contributed by atoms with van der Waals surface area (Å²) in [5.41, 5.74) is 0.446. The molecule has 28 heavy (non-hydrogen) atoms. The summed E-state index contributed by atoms with van der Waals surface area (Å²) in [4.78, 5) is 25.4. The summed E-state index contributed by atoms with van der Waals surface area (Å²) in [5, 5.41) is 2.74. The highest BCUT2D eigenvalue weighted by atomic mass is 16.6. The Hall–Kier alpha value is -2.86. The van der Waals surface area contributed by atoms with E-state index in [9.17, 15) is 9.59 Å². The van der Waals surface area contributed by atoms with Crippen LogP contribution in [0.3, 0.4) is 0 Å². The Morgan fingerprint density at radius 2 is 1.50 bits per heavy atom. The van der Waals surface area contributed by atoms with Crippen molar-refractivity contribution in [3.8, 4) is 0 Å². The fourth-order valence-corrected chi connectivity index (χ4v) is 3.10. The van der Waals surface area contributed by atoms with Crippen LogP contribution in [0.1, 0.15) is 25.0 Å². The second-order valence-electron chi connectivity index (χ2n) is 7.09. The lowest BCUT2D eigenvalue weighted by molar-refractivity contribution is -0.156. The Balaban J connectivity index is 1.67. The maximum atomic E-state index is 13.0. The number of epoxide rings is 1. The molecule has 0 spiro atoms. The van der Waals surface area contributed by atoms with E-state index < -0.39 is 23.7 Å². The molecular weight excluding hydrogens is 358 g/mol. The molecule has 1 heterocycles. The predicted molar refractivity (Wildman–Crippen MR) is 103 cm³/mol. The van der Waals surface area contributed by atoms with E-state index in [2.05, 4.69) is 5.32 Å². The average molecular weight is 383 g/mol. The number of carbonyl (C=O) groups excluding carboxylic acids is 2. The highest BCUT2D eigenvalue weighted by Crippen LogP contribution is 2.33. The van der Waals surface area contributed by atoms with Crippen LogP contribution in [0.15, 0.2) is 60.7 Å². The van der Waals surface area contributed by atoms with Crippen LogP contribution in [0.25, 0.3) is 0 Å². The Labute approximate surface area is 164 Å². The van der Waals surface area contributed by atoms with Gasteiger partial charge in [0.1, 0.15) is 19.3 Å². The number of benzene rings is 2. The van der Waals surface area contributed by atoms with Crippen molar-refractivity contribution < 1.29 is 23.8 Å². The van der Waals surface area contributed by atoms with Crippen LogP contribution < -0.4 is 5.32 Å². The molecule has 1 N–H and O–H groups in total. The minimum Gasteiger partial charge on any atom is -0.459 e. The van der Waals surface area contributed by atoms with Crippen LogP contribution in [0, 0.1) is 5.92 Å². The first-order valence-electron chi connectivity index (χ1n) is 9.34. The summed E-state index contributed by atoms with van der Waals surface area (Å²) < 4.78 is 16.2. The van der Waals surface area contributed by atoms with Gasteiger partial charge in [-0.15, -0.1) is 0 Å². The van der Waals surface area contributed by atoms with E-state index in [0.29, 0.717) is 6.61 Å². The molecule has 2 aromatic carbocycles. The fourth-order valence-electron chi connectivity index (χ4n) is 3.10. The molecule has 2 aromatic rings. The van der Waals surface area contributed by atoms with Gasteiger partial charge in [0.25, 0.3) is 0 Å². The van der Waals surface area contributed by atoms with Crippen molar-refractivity contribution in [2.45, 2.75) is 38.7 Å². The van der Waals surface area contributed by atoms with Gasteiger partial charge in [0.05, 0.1) is 6.61 Å². The predicted octanol–water partition coefficient (Wildman–Crippen LogP) is 3.45. The molecule has 6 nitrogen and oxygen atoms in total. The van der Waals surface area contributed by atoms with Crippen LogP contribution in [0.5, 0.6) is 0 Å². The normalized spacial score (nSPS) is 17.5. The number of rotatable bonds is 8. The number of nitrogens with one attached hydrogen (secondary N) is 1. The van der Waals surface area contributed by atoms with E-state index >= 15 is 0 Å². The molecule has 1 aliphatic heterocycles. The highest BCUT2D eigenvalue weighted by molar-refractivity contribution is 5.87. The summed E-state index contributed by atoms with van der Waals surface area (Å²) in [6, 6.07) is 18.7. The highest BCUT2D eigenvalue weighted by Gasteiger charge is 2.57. The molecule has 0 radical (unpaired) electrons. The van der Waals surface area contributed by atoms with Gasteiger partial charge in [-0.25, -0.2) is 9.59 Å². The van der Waals surface area contributed by atoms with Crippen LogP contribution in [-0.2, 0) is 32.2 Å². The molecule has 3 rings (SSSR count). The number of hydrogen-bond acceptors (Lipinski definition) is 5. The van der Waals surface area contributed by atoms with Gasteiger partial charge in [-0.3, -0.25) is 0 Å². The number of carbonyl (C=O) groups is 2. The Morgan fingerprint density at radius 1 is 1.00 bits per heavy atom. The van der Waals surface area contributed by atoms with Crippen molar-refractivity contribution in [1.29, 1.82) is 0 Å². The third-order valence-electron chi connectivity index (χ3n) is 4.82. The van der Waals surface area contributed by atoms with E-state index in [1.807, 2.05) is 74.5 Å². The van der Waals surface area contributed by atoms with Crippen LogP contribution in [-0.4, -0.2) is 30.3 Å². The molecule has 0 aliphatic carbocycles. The van der Waals surface area contributed by atoms with Crippen LogP contribution in [0.4, 0.5) is 4.79 Å². The molecule has 1 aliphatic rings. The van der Waals surface area contributed by atoms with Crippen molar-refractivity contribution in [3.63, 3.8) is 0 Å². The molecule has 1 saturated heterocycles. The summed E-state index contributed by atoms with van der Waals surface area (Å²) in [6.07, 6.45) is -1.11. The van der Waals surface area contributed by atoms with Gasteiger partial charge in [-0.05, 0) is 17.0 Å². The SMILES string of the molecule is CC(C)[C@@](NC(=O)OCc1ccccc1)(C(=O)OCc1ccccc1)[C@@H]1CO1. The van der Waals surface area contributed by atoms with Crippen molar-refractivity contribution in [1.82, 2.24) is 5.32 Å². The van der Waals surface area contributed by atoms with Crippen molar-refractivity contribution >= 4 is 12.1 Å². The topological polar surface area (TPSA) is 77.2 Å². The molecule has 1 fully saturated rings. The number of esters is 1. The third-order valence-corrected chi connectivity index (χ3v) is 4.82. The molecule has 6 heteroatoms. The van der Waals surface area contributed by atoms with Crippen LogP contribution >= 0.6 is 0 Å². The zero-order valence-electron chi connectivity index (χ0n) is 16.1. The van der Waals surface area contributed by atoms with Crippen molar-refractivity contribution in [2.24, 2.45) is 5.92 Å². The van der Waals surface area contributed by atoms with Gasteiger partial charge in [0, 0.05) is 0 Å². The number of ether oxygens (including phenoxy) is 3. The van der Waals surface area contributed by atoms with E-state index in [1.165, 1.54) is 0 Å². The number of alkyl carbamates (subject to hydrolysis) is 1. The minimum atomic E-state index is -1.29. The quantitative estimate of drug-likeness (QED) is 0.558. The molecule has 0 aromatic heterocycles. The lowest BCUT2D eigenvalue weighted by Gasteiger charge is -2.34. The molecule has 0 bridgehead atoms. The van der Waals surface area contributed by atoms with Gasteiger partial charge in [-0.2, -0.15) is 0 Å². The molecule has 0 unspecified atom stereocenters. The molecule has 1 amide bonds. The Kier molecular flexibility index (Phi) is 6.31. The lowest BCUT2D eigenvalue weighted by Crippen LogP contribution is -2.62. The van der Waals surface area contributed by atoms with Crippen molar-refractivity contribution in [2.75, 3.05) is 6.61 Å². The smallest absolute Gasteiger partial charge is 0.408 e. The lowest BCUT2D eigenvalue weighted by atomic mass is 9.83. The van der Waals surface area contributed by atoms with Gasteiger partial charge in [-0.1, -0.05) is 74.5 Å². The minimum absolute atomic E-state index is 0.117. The van der Waals surface area contributed by atoms with Gasteiger partial charge in [0.2, 0.25) is 0 Å². The first kappa shape index (κ1) is 19.9. The molecule has 2 atom stereocenters. The van der Waals surface area contributed by atoms with Crippen molar-refractivity contribution in [3.05, 3.63) is 71.8 Å². The number of amides is 1. The first-order valence-corrected chi connectivity index (χ1v) is 9.34. The zero-order valence-corrected chi connectivity index (χ0v) is 16.1. The summed E-state index contributed by atoms with van der Waals surface area (Å²) in [7, 11) is 0. The third kappa shape index (κ3) is 4.70. The summed E-state index contributed by atoms with van der Waals surface area (Å²) in [6.45, 7) is 4.33. The van der Waals surface area contributed by atoms with Gasteiger partial charge in [0.15, 0.2) is 5.54 Å². The van der Waals surface area contributed by atoms with E-state index in [0.717, 1.165) is 11.1 Å². The Morgan fingerprint density at radius 3 is 1.96 bits per heavy atom. The average Bonchev–Trinajstić information content (AvgIpc) is 3.55. The van der Waals surface area contributed by atoms with Gasteiger partial charge >= 0.3 is 12.1 Å². The summed E-state index contributed by atoms with van der Waals surface area (Å²) in [5.74, 6) is -0.766. The van der Waals surface area contributed by atoms with E-state index in [-0.39, 0.29) is 19.1 Å². The molecular formula is C22H25NO5. The van der Waals surface area contributed by atoms with Crippen LogP contribution in [0.2, 0.25) is 0 Å². The largest absolute Gasteiger partial charge is 0.459 e. The Bertz CT molecular complexity index is 785. The molecule has 0 saturated carbocycles.